The summed E-state index contributed by atoms with van der Waals surface area (Å²) in [5.41, 5.74) is 0.757. The Morgan fingerprint density at radius 2 is 2.21 bits per heavy atom. The van der Waals surface area contributed by atoms with Gasteiger partial charge in [-0.3, -0.25) is 4.79 Å². The van der Waals surface area contributed by atoms with Gasteiger partial charge in [0, 0.05) is 18.5 Å². The van der Waals surface area contributed by atoms with Crippen molar-refractivity contribution in [1.82, 2.24) is 25.1 Å². The monoisotopic (exact) mass is 329 g/mol. The third kappa shape index (κ3) is 2.25. The first-order valence-electron chi connectivity index (χ1n) is 8.01. The number of aromatic nitrogens is 4. The van der Waals surface area contributed by atoms with Crippen LogP contribution in [0, 0.1) is 0 Å². The number of benzene rings is 1. The molecule has 3 heterocycles. The van der Waals surface area contributed by atoms with Crippen molar-refractivity contribution in [1.29, 1.82) is 0 Å². The molecule has 1 N–H and O–H groups in total. The molecule has 1 fully saturated rings. The van der Waals surface area contributed by atoms with Gasteiger partial charge in [-0.1, -0.05) is 0 Å². The molecule has 0 unspecified atom stereocenters. The van der Waals surface area contributed by atoms with E-state index in [4.69, 9.17) is 4.74 Å². The maximum absolute atomic E-state index is 12.3. The number of carbonyl (C=O) groups excluding carboxylic acids is 1. The third-order valence-electron chi connectivity index (χ3n) is 4.76. The van der Waals surface area contributed by atoms with E-state index in [0.717, 1.165) is 17.7 Å². The number of rotatable bonds is 2. The second-order valence-corrected chi connectivity index (χ2v) is 6.76. The average molecular weight is 329 g/mol. The summed E-state index contributed by atoms with van der Waals surface area (Å²) in [6.07, 6.45) is 2.01. The highest BCUT2D eigenvalue weighted by molar-refractivity contribution is 5.79. The van der Waals surface area contributed by atoms with E-state index in [-0.39, 0.29) is 5.91 Å². The number of hydrogen-bond donors (Lipinski definition) is 1. The molecule has 24 heavy (non-hydrogen) atoms. The van der Waals surface area contributed by atoms with Crippen LogP contribution in [-0.4, -0.2) is 54.4 Å². The molecule has 126 valence electrons. The fraction of sp³-hybridized carbons (Fsp3) is 0.500. The van der Waals surface area contributed by atoms with Gasteiger partial charge in [-0.2, -0.15) is 0 Å². The lowest BCUT2D eigenvalue weighted by atomic mass is 9.85. The van der Waals surface area contributed by atoms with Crippen LogP contribution in [0.5, 0.6) is 5.75 Å². The minimum Gasteiger partial charge on any atom is -0.485 e. The summed E-state index contributed by atoms with van der Waals surface area (Å²) in [4.78, 5) is 14.1. The van der Waals surface area contributed by atoms with Crippen molar-refractivity contribution < 1.29 is 14.6 Å². The van der Waals surface area contributed by atoms with E-state index < -0.39 is 17.7 Å². The largest absolute Gasteiger partial charge is 0.485 e. The van der Waals surface area contributed by atoms with Crippen molar-refractivity contribution >= 4 is 5.91 Å². The van der Waals surface area contributed by atoms with Crippen LogP contribution in [0.4, 0.5) is 0 Å². The predicted octanol–water partition coefficient (Wildman–Crippen LogP) is 0.858. The van der Waals surface area contributed by atoms with E-state index >= 15 is 0 Å². The molecular weight excluding hydrogens is 310 g/mol. The quantitative estimate of drug-likeness (QED) is 0.878. The Kier molecular flexibility index (Phi) is 3.31. The number of nitrogens with zero attached hydrogens (tertiary/aromatic N) is 5. The maximum atomic E-state index is 12.3. The van der Waals surface area contributed by atoms with Gasteiger partial charge in [0.05, 0.1) is 11.7 Å². The lowest BCUT2D eigenvalue weighted by molar-refractivity contribution is -0.139. The van der Waals surface area contributed by atoms with E-state index in [1.165, 1.54) is 11.0 Å². The summed E-state index contributed by atoms with van der Waals surface area (Å²) in [6.45, 7) is 4.32. The smallest absolute Gasteiger partial charge is 0.223 e. The van der Waals surface area contributed by atoms with E-state index in [9.17, 15) is 9.90 Å². The minimum absolute atomic E-state index is 0.0653. The second-order valence-electron chi connectivity index (χ2n) is 6.76. The number of carbonyl (C=O) groups is 1. The van der Waals surface area contributed by atoms with Gasteiger partial charge in [0.25, 0.3) is 0 Å². The van der Waals surface area contributed by atoms with Crippen LogP contribution in [-0.2, 0) is 4.79 Å². The molecule has 1 aromatic carbocycles. The van der Waals surface area contributed by atoms with Crippen LogP contribution in [0.1, 0.15) is 38.3 Å². The predicted molar refractivity (Wildman–Crippen MR) is 83.6 cm³/mol. The molecule has 2 atom stereocenters. The molecule has 2 aliphatic heterocycles. The molecule has 8 heteroatoms. The number of aliphatic hydroxyl groups excluding tert-OH is 1. The third-order valence-corrected chi connectivity index (χ3v) is 4.76. The molecule has 2 aliphatic rings. The molecule has 1 saturated heterocycles. The number of fused-ring (bicyclic) bond motifs is 1. The molecule has 1 aromatic heterocycles. The van der Waals surface area contributed by atoms with Gasteiger partial charge in [-0.05, 0) is 48.9 Å². The zero-order chi connectivity index (χ0) is 16.9. The van der Waals surface area contributed by atoms with E-state index in [2.05, 4.69) is 15.5 Å². The molecule has 0 radical (unpaired) electrons. The summed E-state index contributed by atoms with van der Waals surface area (Å²) in [6, 6.07) is 5.13. The van der Waals surface area contributed by atoms with E-state index in [1.54, 1.807) is 4.90 Å². The molecule has 0 aliphatic carbocycles. The molecule has 1 amide bonds. The van der Waals surface area contributed by atoms with Crippen molar-refractivity contribution in [2.24, 2.45) is 0 Å². The van der Waals surface area contributed by atoms with Crippen LogP contribution in [0.2, 0.25) is 0 Å². The highest BCUT2D eigenvalue weighted by Crippen LogP contribution is 2.44. The van der Waals surface area contributed by atoms with Crippen LogP contribution >= 0.6 is 0 Å². The molecular formula is C16H19N5O3. The number of ether oxygens (including phenoxy) is 1. The van der Waals surface area contributed by atoms with E-state index in [0.29, 0.717) is 18.7 Å². The zero-order valence-corrected chi connectivity index (χ0v) is 13.6. The minimum atomic E-state index is -0.823. The molecule has 2 aromatic rings. The van der Waals surface area contributed by atoms with Crippen LogP contribution < -0.4 is 4.74 Å². The molecule has 8 nitrogen and oxygen atoms in total. The Labute approximate surface area is 139 Å². The number of amides is 1. The second kappa shape index (κ2) is 5.27. The van der Waals surface area contributed by atoms with Crippen LogP contribution in [0.15, 0.2) is 24.5 Å². The average Bonchev–Trinajstić information content (AvgIpc) is 3.20. The number of aliphatic hydroxyl groups is 1. The number of likely N-dealkylation sites (tertiary alicyclic amines) is 1. The maximum Gasteiger partial charge on any atom is 0.223 e. The first-order valence-corrected chi connectivity index (χ1v) is 8.01. The Hall–Kier alpha value is -2.48. The van der Waals surface area contributed by atoms with Crippen molar-refractivity contribution in [3.63, 3.8) is 0 Å². The lowest BCUT2D eigenvalue weighted by Crippen LogP contribution is -2.53. The standard InChI is InChI=1S/C16H19N5O3/c1-16(2)15(23)14(20-7-3-4-13(20)22)11-8-10(5-6-12(11)24-16)21-9-17-18-19-21/h5-6,8-9,14-15,23H,3-4,7H2,1-2H3/t14-,15+/m1/s1. The molecule has 0 bridgehead atoms. The Morgan fingerprint density at radius 1 is 1.38 bits per heavy atom. The Bertz CT molecular complexity index is 774. The van der Waals surface area contributed by atoms with Gasteiger partial charge in [-0.15, -0.1) is 5.10 Å². The first kappa shape index (κ1) is 15.1. The Balaban J connectivity index is 1.83. The molecule has 0 spiro atoms. The highest BCUT2D eigenvalue weighted by Gasteiger charge is 2.47. The lowest BCUT2D eigenvalue weighted by Gasteiger charge is -2.45. The van der Waals surface area contributed by atoms with Crippen LogP contribution in [0.25, 0.3) is 5.69 Å². The van der Waals surface area contributed by atoms with E-state index in [1.807, 2.05) is 32.0 Å². The van der Waals surface area contributed by atoms with Gasteiger partial charge < -0.3 is 14.7 Å². The van der Waals surface area contributed by atoms with Gasteiger partial charge >= 0.3 is 0 Å². The topological polar surface area (TPSA) is 93.4 Å². The zero-order valence-electron chi connectivity index (χ0n) is 13.6. The van der Waals surface area contributed by atoms with Crippen molar-refractivity contribution in [3.8, 4) is 11.4 Å². The number of hydrogen-bond acceptors (Lipinski definition) is 6. The van der Waals surface area contributed by atoms with Crippen molar-refractivity contribution in [3.05, 3.63) is 30.1 Å². The summed E-state index contributed by atoms with van der Waals surface area (Å²) in [7, 11) is 0. The molecule has 4 rings (SSSR count). The van der Waals surface area contributed by atoms with Gasteiger partial charge in [0.15, 0.2) is 0 Å². The fourth-order valence-corrected chi connectivity index (χ4v) is 3.48. The summed E-state index contributed by atoms with van der Waals surface area (Å²) in [5, 5.41) is 22.1. The summed E-state index contributed by atoms with van der Waals surface area (Å²) >= 11 is 0. The highest BCUT2D eigenvalue weighted by atomic mass is 16.5. The van der Waals surface area contributed by atoms with Crippen molar-refractivity contribution in [2.75, 3.05) is 6.54 Å². The molecule has 0 saturated carbocycles. The van der Waals surface area contributed by atoms with Gasteiger partial charge in [-0.25, -0.2) is 4.68 Å². The number of tetrazole rings is 1. The summed E-state index contributed by atoms with van der Waals surface area (Å²) in [5.74, 6) is 0.738. The van der Waals surface area contributed by atoms with Crippen LogP contribution in [0.3, 0.4) is 0 Å². The summed E-state index contributed by atoms with van der Waals surface area (Å²) < 4.78 is 7.52. The Morgan fingerprint density at radius 3 is 2.88 bits per heavy atom. The SMILES string of the molecule is CC1(C)Oc2ccc(-n3cnnn3)cc2[C@@H](N2CCCC2=O)[C@@H]1O. The van der Waals surface area contributed by atoms with Gasteiger partial charge in [0.1, 0.15) is 23.8 Å². The normalized spacial score (nSPS) is 25.5. The first-order chi connectivity index (χ1) is 11.5. The van der Waals surface area contributed by atoms with Gasteiger partial charge in [0.2, 0.25) is 5.91 Å². The fourth-order valence-electron chi connectivity index (χ4n) is 3.48. The van der Waals surface area contributed by atoms with Crippen molar-refractivity contribution in [2.45, 2.75) is 44.4 Å².